The van der Waals surface area contributed by atoms with Crippen molar-refractivity contribution in [3.8, 4) is 0 Å². The normalized spacial score (nSPS) is 20.6. The molecule has 1 rings (SSSR count). The number of nitrogens with zero attached hydrogens (tertiary/aromatic N) is 3. The number of likely N-dealkylation sites (N-methyl/N-ethyl adjacent to an activating group) is 1. The zero-order valence-electron chi connectivity index (χ0n) is 9.53. The lowest BCUT2D eigenvalue weighted by Gasteiger charge is -2.34. The smallest absolute Gasteiger partial charge is 0.191 e. The molecular formula is C10H22N4. The van der Waals surface area contributed by atoms with Crippen molar-refractivity contribution >= 4 is 5.96 Å². The van der Waals surface area contributed by atoms with Crippen molar-refractivity contribution in [2.24, 2.45) is 10.7 Å². The molecule has 0 bridgehead atoms. The van der Waals surface area contributed by atoms with E-state index in [1.54, 1.807) is 0 Å². The van der Waals surface area contributed by atoms with Gasteiger partial charge in [0.2, 0.25) is 0 Å². The minimum absolute atomic E-state index is 0.291. The van der Waals surface area contributed by atoms with Gasteiger partial charge in [-0.1, -0.05) is 6.92 Å². The lowest BCUT2D eigenvalue weighted by atomic mass is 10.3. The molecule has 0 unspecified atom stereocenters. The third-order valence-corrected chi connectivity index (χ3v) is 2.53. The van der Waals surface area contributed by atoms with Gasteiger partial charge in [-0.2, -0.15) is 0 Å². The molecule has 1 aliphatic heterocycles. The van der Waals surface area contributed by atoms with Gasteiger partial charge >= 0.3 is 0 Å². The topological polar surface area (TPSA) is 44.9 Å². The monoisotopic (exact) mass is 198 g/mol. The number of aliphatic imine (C=N–C) groups is 1. The summed E-state index contributed by atoms with van der Waals surface area (Å²) in [7, 11) is 0. The second-order valence-electron chi connectivity index (χ2n) is 4.00. The first-order valence-electron chi connectivity index (χ1n) is 5.44. The number of hydrogen-bond donors (Lipinski definition) is 1. The molecule has 82 valence electrons. The van der Waals surface area contributed by atoms with Crippen molar-refractivity contribution in [2.45, 2.75) is 26.8 Å². The summed E-state index contributed by atoms with van der Waals surface area (Å²) in [6.07, 6.45) is 0. The molecule has 1 aliphatic rings. The molecule has 4 nitrogen and oxygen atoms in total. The Morgan fingerprint density at radius 1 is 1.29 bits per heavy atom. The van der Waals surface area contributed by atoms with Crippen molar-refractivity contribution in [2.75, 3.05) is 32.7 Å². The lowest BCUT2D eigenvalue weighted by molar-refractivity contribution is 0.188. The molecule has 0 aromatic rings. The second-order valence-corrected chi connectivity index (χ2v) is 4.00. The first-order chi connectivity index (χ1) is 6.63. The van der Waals surface area contributed by atoms with Crippen LogP contribution in [0.25, 0.3) is 0 Å². The van der Waals surface area contributed by atoms with E-state index in [1.165, 1.54) is 0 Å². The Balaban J connectivity index is 2.41. The van der Waals surface area contributed by atoms with Gasteiger partial charge in [0, 0.05) is 32.2 Å². The molecule has 1 heterocycles. The summed E-state index contributed by atoms with van der Waals surface area (Å²) in [6, 6.07) is 0.291. The Hall–Kier alpha value is -0.770. The van der Waals surface area contributed by atoms with E-state index >= 15 is 0 Å². The number of guanidine groups is 1. The van der Waals surface area contributed by atoms with Gasteiger partial charge < -0.3 is 15.5 Å². The van der Waals surface area contributed by atoms with Crippen LogP contribution in [0.4, 0.5) is 0 Å². The molecule has 0 aliphatic carbocycles. The number of nitrogens with two attached hydrogens (primary N) is 1. The van der Waals surface area contributed by atoms with Gasteiger partial charge in [0.25, 0.3) is 0 Å². The van der Waals surface area contributed by atoms with E-state index < -0.39 is 0 Å². The van der Waals surface area contributed by atoms with Gasteiger partial charge in [-0.25, -0.2) is 0 Å². The Morgan fingerprint density at radius 3 is 2.29 bits per heavy atom. The predicted octanol–water partition coefficient (Wildman–Crippen LogP) is 0.347. The second kappa shape index (κ2) is 5.20. The summed E-state index contributed by atoms with van der Waals surface area (Å²) in [5, 5.41) is 0. The minimum atomic E-state index is 0.291. The molecule has 1 saturated heterocycles. The Morgan fingerprint density at radius 2 is 1.86 bits per heavy atom. The summed E-state index contributed by atoms with van der Waals surface area (Å²) >= 11 is 0. The van der Waals surface area contributed by atoms with Gasteiger partial charge in [0.15, 0.2) is 5.96 Å². The van der Waals surface area contributed by atoms with E-state index in [2.05, 4.69) is 35.6 Å². The largest absolute Gasteiger partial charge is 0.370 e. The van der Waals surface area contributed by atoms with E-state index in [1.807, 2.05) is 0 Å². The van der Waals surface area contributed by atoms with Crippen molar-refractivity contribution < 1.29 is 0 Å². The highest BCUT2D eigenvalue weighted by molar-refractivity contribution is 5.78. The Labute approximate surface area is 86.8 Å². The highest BCUT2D eigenvalue weighted by Crippen LogP contribution is 2.01. The van der Waals surface area contributed by atoms with E-state index in [-0.39, 0.29) is 0 Å². The maximum absolute atomic E-state index is 5.89. The summed E-state index contributed by atoms with van der Waals surface area (Å²) in [5.41, 5.74) is 5.89. The first kappa shape index (κ1) is 11.3. The Bertz CT molecular complexity index is 192. The number of piperazine rings is 1. The summed E-state index contributed by atoms with van der Waals surface area (Å²) in [5.74, 6) is 0.704. The van der Waals surface area contributed by atoms with Gasteiger partial charge in [-0.15, -0.1) is 0 Å². The van der Waals surface area contributed by atoms with Gasteiger partial charge in [-0.3, -0.25) is 4.99 Å². The molecule has 2 N–H and O–H groups in total. The maximum atomic E-state index is 5.89. The van der Waals surface area contributed by atoms with Gasteiger partial charge in [-0.05, 0) is 20.4 Å². The fraction of sp³-hybridized carbons (Fsp3) is 0.900. The fourth-order valence-electron chi connectivity index (χ4n) is 1.64. The molecular weight excluding hydrogens is 176 g/mol. The summed E-state index contributed by atoms with van der Waals surface area (Å²) < 4.78 is 0. The average molecular weight is 198 g/mol. The molecule has 0 atom stereocenters. The van der Waals surface area contributed by atoms with Crippen LogP contribution in [0.3, 0.4) is 0 Å². The number of rotatable bonds is 2. The van der Waals surface area contributed by atoms with Gasteiger partial charge in [0.05, 0.1) is 0 Å². The summed E-state index contributed by atoms with van der Waals surface area (Å²) in [4.78, 5) is 8.96. The molecule has 1 fully saturated rings. The Kier molecular flexibility index (Phi) is 4.20. The lowest BCUT2D eigenvalue weighted by Crippen LogP contribution is -2.51. The quantitative estimate of drug-likeness (QED) is 0.514. The van der Waals surface area contributed by atoms with Crippen LogP contribution in [0.5, 0.6) is 0 Å². The van der Waals surface area contributed by atoms with Crippen molar-refractivity contribution in [1.29, 1.82) is 0 Å². The van der Waals surface area contributed by atoms with Crippen molar-refractivity contribution in [3.05, 3.63) is 0 Å². The number of hydrogen-bond acceptors (Lipinski definition) is 2. The van der Waals surface area contributed by atoms with E-state index in [0.29, 0.717) is 12.0 Å². The molecule has 0 aromatic carbocycles. The minimum Gasteiger partial charge on any atom is -0.370 e. The van der Waals surface area contributed by atoms with Crippen LogP contribution in [0, 0.1) is 0 Å². The highest BCUT2D eigenvalue weighted by atomic mass is 15.3. The summed E-state index contributed by atoms with van der Waals surface area (Å²) in [6.45, 7) is 11.7. The first-order valence-corrected chi connectivity index (χ1v) is 5.44. The van der Waals surface area contributed by atoms with Crippen LogP contribution in [-0.2, 0) is 0 Å². The van der Waals surface area contributed by atoms with E-state index in [9.17, 15) is 0 Å². The van der Waals surface area contributed by atoms with Crippen LogP contribution in [0.2, 0.25) is 0 Å². The third kappa shape index (κ3) is 3.18. The van der Waals surface area contributed by atoms with Crippen LogP contribution in [-0.4, -0.2) is 54.5 Å². The van der Waals surface area contributed by atoms with Crippen LogP contribution in [0.1, 0.15) is 20.8 Å². The van der Waals surface area contributed by atoms with E-state index in [0.717, 1.165) is 32.7 Å². The molecule has 0 saturated carbocycles. The van der Waals surface area contributed by atoms with Crippen molar-refractivity contribution in [3.63, 3.8) is 0 Å². The third-order valence-electron chi connectivity index (χ3n) is 2.53. The predicted molar refractivity (Wildman–Crippen MR) is 60.4 cm³/mol. The van der Waals surface area contributed by atoms with Crippen LogP contribution >= 0.6 is 0 Å². The standard InChI is InChI=1S/C10H22N4/c1-4-13-5-7-14(8-6-13)10(11)12-9(2)3/h9H,4-8H2,1-3H3,(H2,11,12). The zero-order chi connectivity index (χ0) is 10.6. The molecule has 4 heteroatoms. The maximum Gasteiger partial charge on any atom is 0.191 e. The van der Waals surface area contributed by atoms with Crippen LogP contribution < -0.4 is 5.73 Å². The molecule has 0 radical (unpaired) electrons. The fourth-order valence-corrected chi connectivity index (χ4v) is 1.64. The molecule has 0 amide bonds. The van der Waals surface area contributed by atoms with Crippen molar-refractivity contribution in [1.82, 2.24) is 9.80 Å². The van der Waals surface area contributed by atoms with Crippen LogP contribution in [0.15, 0.2) is 4.99 Å². The van der Waals surface area contributed by atoms with Gasteiger partial charge in [0.1, 0.15) is 0 Å². The zero-order valence-corrected chi connectivity index (χ0v) is 9.53. The molecule has 14 heavy (non-hydrogen) atoms. The SMILES string of the molecule is CCN1CCN(C(N)=NC(C)C)CC1. The molecule has 0 aromatic heterocycles. The van der Waals surface area contributed by atoms with E-state index in [4.69, 9.17) is 5.73 Å². The molecule has 0 spiro atoms. The highest BCUT2D eigenvalue weighted by Gasteiger charge is 2.16. The average Bonchev–Trinajstić information content (AvgIpc) is 2.17.